The highest BCUT2D eigenvalue weighted by Crippen LogP contribution is 2.59. The first-order valence-corrected chi connectivity index (χ1v) is 12.0. The van der Waals surface area contributed by atoms with Gasteiger partial charge in [-0.25, -0.2) is 13.2 Å². The zero-order valence-electron chi connectivity index (χ0n) is 16.2. The van der Waals surface area contributed by atoms with E-state index in [9.17, 15) is 13.2 Å². The molecule has 1 atom stereocenters. The zero-order valence-corrected chi connectivity index (χ0v) is 17.0. The topological polar surface area (TPSA) is 75.3 Å². The molecule has 2 N–H and O–H groups in total. The minimum absolute atomic E-state index is 0.134. The Morgan fingerprint density at radius 3 is 2.07 bits per heavy atom. The van der Waals surface area contributed by atoms with E-state index in [0.717, 1.165) is 29.9 Å². The fourth-order valence-electron chi connectivity index (χ4n) is 6.11. The minimum Gasteiger partial charge on any atom is -0.338 e. The second-order valence-electron chi connectivity index (χ2n) is 9.31. The molecule has 5 nitrogen and oxygen atoms in total. The highest BCUT2D eigenvalue weighted by atomic mass is 32.2. The summed E-state index contributed by atoms with van der Waals surface area (Å²) >= 11 is 0. The van der Waals surface area contributed by atoms with E-state index in [4.69, 9.17) is 0 Å². The molecule has 4 aliphatic rings. The van der Waals surface area contributed by atoms with Crippen LogP contribution >= 0.6 is 0 Å². The standard InChI is InChI=1S/C21H30N2O3S/c1-14(18-3-5-19(6-4-18)27(2,25)26)23-20(24)22-13-21-10-15-7-16(11-21)9-17(8-15)12-21/h3-6,14-17H,7-13H2,1-2H3,(H2,22,23,24)/t14-,15?,16?,17?,21?/m1/s1. The van der Waals surface area contributed by atoms with Crippen molar-refractivity contribution in [2.45, 2.75) is 56.4 Å². The molecule has 4 aliphatic carbocycles. The number of urea groups is 1. The van der Waals surface area contributed by atoms with Gasteiger partial charge in [0.05, 0.1) is 10.9 Å². The Morgan fingerprint density at radius 2 is 1.59 bits per heavy atom. The summed E-state index contributed by atoms with van der Waals surface area (Å²) < 4.78 is 23.1. The van der Waals surface area contributed by atoms with Gasteiger partial charge in [0.1, 0.15) is 0 Å². The Morgan fingerprint density at radius 1 is 1.07 bits per heavy atom. The Labute approximate surface area is 162 Å². The first-order valence-electron chi connectivity index (χ1n) is 10.1. The summed E-state index contributed by atoms with van der Waals surface area (Å²) in [4.78, 5) is 12.7. The molecule has 6 heteroatoms. The molecule has 4 bridgehead atoms. The number of amides is 2. The summed E-state index contributed by atoms with van der Waals surface area (Å²) in [5, 5.41) is 6.12. The van der Waals surface area contributed by atoms with Gasteiger partial charge in [-0.15, -0.1) is 0 Å². The second-order valence-corrected chi connectivity index (χ2v) is 11.3. The van der Waals surface area contributed by atoms with Crippen molar-refractivity contribution < 1.29 is 13.2 Å². The average molecular weight is 391 g/mol. The predicted octanol–water partition coefficient (Wildman–Crippen LogP) is 3.67. The molecule has 4 fully saturated rings. The number of carbonyl (C=O) groups excluding carboxylic acids is 1. The summed E-state index contributed by atoms with van der Waals surface area (Å²) in [6, 6.07) is 6.41. The van der Waals surface area contributed by atoms with E-state index in [1.165, 1.54) is 44.8 Å². The normalized spacial score (nSPS) is 32.9. The van der Waals surface area contributed by atoms with Crippen LogP contribution in [0.25, 0.3) is 0 Å². The molecule has 1 aromatic carbocycles. The van der Waals surface area contributed by atoms with Crippen LogP contribution in [0, 0.1) is 23.2 Å². The molecule has 5 rings (SSSR count). The van der Waals surface area contributed by atoms with Gasteiger partial charge in [0.2, 0.25) is 0 Å². The van der Waals surface area contributed by atoms with Gasteiger partial charge < -0.3 is 10.6 Å². The van der Waals surface area contributed by atoms with Crippen LogP contribution in [0.3, 0.4) is 0 Å². The number of benzene rings is 1. The number of sulfone groups is 1. The summed E-state index contributed by atoms with van der Waals surface area (Å²) in [6.45, 7) is 2.70. The lowest BCUT2D eigenvalue weighted by Crippen LogP contribution is -2.52. The van der Waals surface area contributed by atoms with Crippen molar-refractivity contribution in [1.82, 2.24) is 10.6 Å². The van der Waals surface area contributed by atoms with Gasteiger partial charge >= 0.3 is 6.03 Å². The van der Waals surface area contributed by atoms with Crippen LogP contribution in [0.4, 0.5) is 4.79 Å². The SMILES string of the molecule is C[C@@H](NC(=O)NCC12CC3CC(CC(C3)C1)C2)c1ccc(S(C)(=O)=O)cc1. The number of rotatable bonds is 5. The molecule has 2 amide bonds. The van der Waals surface area contributed by atoms with Crippen LogP contribution in [0.15, 0.2) is 29.2 Å². The second kappa shape index (κ2) is 6.80. The van der Waals surface area contributed by atoms with Crippen LogP contribution in [0.1, 0.15) is 57.1 Å². The van der Waals surface area contributed by atoms with E-state index in [1.807, 2.05) is 6.92 Å². The number of carbonyl (C=O) groups is 1. The van der Waals surface area contributed by atoms with E-state index in [0.29, 0.717) is 10.3 Å². The maximum absolute atomic E-state index is 12.4. The molecular weight excluding hydrogens is 360 g/mol. The third-order valence-electron chi connectivity index (χ3n) is 6.94. The lowest BCUT2D eigenvalue weighted by molar-refractivity contribution is -0.0498. The van der Waals surface area contributed by atoms with Crippen LogP contribution in [0.5, 0.6) is 0 Å². The third-order valence-corrected chi connectivity index (χ3v) is 8.07. The average Bonchev–Trinajstić information content (AvgIpc) is 2.58. The summed E-state index contributed by atoms with van der Waals surface area (Å²) in [7, 11) is -3.20. The fourth-order valence-corrected chi connectivity index (χ4v) is 6.74. The lowest BCUT2D eigenvalue weighted by atomic mass is 9.49. The number of hydrogen-bond acceptors (Lipinski definition) is 3. The first kappa shape index (κ1) is 18.8. The highest BCUT2D eigenvalue weighted by Gasteiger charge is 2.50. The van der Waals surface area contributed by atoms with Crippen LogP contribution < -0.4 is 10.6 Å². The molecule has 1 aromatic rings. The quantitative estimate of drug-likeness (QED) is 0.805. The zero-order chi connectivity index (χ0) is 19.2. The Hall–Kier alpha value is -1.56. The molecule has 4 saturated carbocycles. The van der Waals surface area contributed by atoms with Crippen molar-refractivity contribution in [2.24, 2.45) is 23.2 Å². The Kier molecular flexibility index (Phi) is 4.73. The van der Waals surface area contributed by atoms with E-state index < -0.39 is 9.84 Å². The molecule has 0 aliphatic heterocycles. The Bertz CT molecular complexity index is 781. The third kappa shape index (κ3) is 4.00. The van der Waals surface area contributed by atoms with Gasteiger partial charge in [0.25, 0.3) is 0 Å². The van der Waals surface area contributed by atoms with Crippen molar-refractivity contribution >= 4 is 15.9 Å². The monoisotopic (exact) mass is 390 g/mol. The smallest absolute Gasteiger partial charge is 0.315 e. The van der Waals surface area contributed by atoms with Crippen LogP contribution in [0.2, 0.25) is 0 Å². The van der Waals surface area contributed by atoms with Gasteiger partial charge in [-0.3, -0.25) is 0 Å². The molecule has 148 valence electrons. The Balaban J connectivity index is 1.32. The summed E-state index contributed by atoms with van der Waals surface area (Å²) in [6.07, 6.45) is 9.26. The van der Waals surface area contributed by atoms with E-state index in [2.05, 4.69) is 10.6 Å². The lowest BCUT2D eigenvalue weighted by Gasteiger charge is -2.56. The molecule has 0 unspecified atom stereocenters. The number of nitrogens with one attached hydrogen (secondary N) is 2. The van der Waals surface area contributed by atoms with Crippen LogP contribution in [-0.2, 0) is 9.84 Å². The van der Waals surface area contributed by atoms with Gasteiger partial charge in [-0.1, -0.05) is 12.1 Å². The largest absolute Gasteiger partial charge is 0.338 e. The summed E-state index contributed by atoms with van der Waals surface area (Å²) in [5.41, 5.74) is 1.22. The molecule has 0 saturated heterocycles. The molecule has 0 spiro atoms. The van der Waals surface area contributed by atoms with Crippen molar-refractivity contribution in [3.8, 4) is 0 Å². The number of hydrogen-bond donors (Lipinski definition) is 2. The van der Waals surface area contributed by atoms with E-state index in [1.54, 1.807) is 24.3 Å². The van der Waals surface area contributed by atoms with Crippen molar-refractivity contribution in [3.63, 3.8) is 0 Å². The molecule has 0 heterocycles. The van der Waals surface area contributed by atoms with Gasteiger partial charge in [-0.05, 0) is 86.3 Å². The van der Waals surface area contributed by atoms with Crippen molar-refractivity contribution in [1.29, 1.82) is 0 Å². The highest BCUT2D eigenvalue weighted by molar-refractivity contribution is 7.90. The van der Waals surface area contributed by atoms with Crippen LogP contribution in [-0.4, -0.2) is 27.2 Å². The van der Waals surface area contributed by atoms with Gasteiger partial charge in [0, 0.05) is 12.8 Å². The fraction of sp³-hybridized carbons (Fsp3) is 0.667. The minimum atomic E-state index is -3.20. The van der Waals surface area contributed by atoms with Crippen molar-refractivity contribution in [3.05, 3.63) is 29.8 Å². The van der Waals surface area contributed by atoms with Gasteiger partial charge in [-0.2, -0.15) is 0 Å². The molecule has 27 heavy (non-hydrogen) atoms. The van der Waals surface area contributed by atoms with Crippen molar-refractivity contribution in [2.75, 3.05) is 12.8 Å². The maximum Gasteiger partial charge on any atom is 0.315 e. The predicted molar refractivity (Wildman–Crippen MR) is 105 cm³/mol. The molecule has 0 radical (unpaired) electrons. The molecular formula is C21H30N2O3S. The van der Waals surface area contributed by atoms with E-state index in [-0.39, 0.29) is 12.1 Å². The van der Waals surface area contributed by atoms with Gasteiger partial charge in [0.15, 0.2) is 9.84 Å². The van der Waals surface area contributed by atoms with E-state index >= 15 is 0 Å². The molecule has 0 aromatic heterocycles. The first-order chi connectivity index (χ1) is 12.7. The maximum atomic E-state index is 12.4. The summed E-state index contributed by atoms with van der Waals surface area (Å²) in [5.74, 6) is 2.65.